The number of fused-ring (bicyclic) bond motifs is 3. The molecule has 4 heteroatoms. The smallest absolute Gasteiger partial charge is 0.124 e. The predicted octanol–water partition coefficient (Wildman–Crippen LogP) is 8.06. The van der Waals surface area contributed by atoms with Crippen LogP contribution >= 0.6 is 0 Å². The first-order valence-corrected chi connectivity index (χ1v) is 13.2. The summed E-state index contributed by atoms with van der Waals surface area (Å²) in [6.07, 6.45) is 11.7. The number of hydrogen-bond donors (Lipinski definition) is 0. The summed E-state index contributed by atoms with van der Waals surface area (Å²) in [5.74, 6) is 2.96. The third-order valence-electron chi connectivity index (χ3n) is 8.33. The molecule has 3 rings (SSSR count). The van der Waals surface area contributed by atoms with Crippen LogP contribution in [0.1, 0.15) is 109 Å². The number of unbranched alkanes of at least 4 members (excludes halogenated alkanes) is 2. The third kappa shape index (κ3) is 6.81. The highest BCUT2D eigenvalue weighted by atomic mass is 16.5. The molecule has 0 aromatic heterocycles. The van der Waals surface area contributed by atoms with Gasteiger partial charge in [0.1, 0.15) is 18.9 Å². The Morgan fingerprint density at radius 1 is 1.09 bits per heavy atom. The molecule has 1 aromatic carbocycles. The zero-order chi connectivity index (χ0) is 24.1. The Kier molecular flexibility index (Phi) is 9.00. The van der Waals surface area contributed by atoms with Crippen molar-refractivity contribution in [3.8, 4) is 5.75 Å². The lowest BCUT2D eigenvalue weighted by atomic mass is 9.54. The molecule has 33 heavy (non-hydrogen) atoms. The van der Waals surface area contributed by atoms with Gasteiger partial charge in [-0.3, -0.25) is 0 Å². The van der Waals surface area contributed by atoms with Crippen LogP contribution in [0.15, 0.2) is 17.3 Å². The number of methoxy groups -OCH3 is 1. The Hall–Kier alpha value is -1.42. The van der Waals surface area contributed by atoms with E-state index >= 15 is 0 Å². The summed E-state index contributed by atoms with van der Waals surface area (Å²) >= 11 is 0. The van der Waals surface area contributed by atoms with E-state index in [9.17, 15) is 4.91 Å². The van der Waals surface area contributed by atoms with Crippen LogP contribution < -0.4 is 4.74 Å². The molecule has 2 aliphatic carbocycles. The summed E-state index contributed by atoms with van der Waals surface area (Å²) < 4.78 is 11.1. The monoisotopic (exact) mass is 457 g/mol. The first-order chi connectivity index (χ1) is 15.7. The first kappa shape index (κ1) is 26.2. The van der Waals surface area contributed by atoms with Gasteiger partial charge in [-0.05, 0) is 90.4 Å². The summed E-state index contributed by atoms with van der Waals surface area (Å²) in [6, 6.07) is 4.46. The van der Waals surface area contributed by atoms with Gasteiger partial charge in [-0.2, -0.15) is 4.91 Å². The van der Waals surface area contributed by atoms with Gasteiger partial charge in [0.25, 0.3) is 0 Å². The van der Waals surface area contributed by atoms with Gasteiger partial charge in [0.15, 0.2) is 0 Å². The fraction of sp³-hybridized carbons (Fsp3) is 0.793. The van der Waals surface area contributed by atoms with Crippen molar-refractivity contribution in [2.24, 2.45) is 27.8 Å². The van der Waals surface area contributed by atoms with Crippen LogP contribution in [-0.2, 0) is 17.7 Å². The van der Waals surface area contributed by atoms with Crippen molar-refractivity contribution in [3.63, 3.8) is 0 Å². The number of rotatable bonds is 11. The highest BCUT2D eigenvalue weighted by Gasteiger charge is 2.45. The number of aryl methyl sites for hydroxylation is 1. The summed E-state index contributed by atoms with van der Waals surface area (Å²) in [5, 5.41) is 3.20. The van der Waals surface area contributed by atoms with Gasteiger partial charge < -0.3 is 9.47 Å². The topological polar surface area (TPSA) is 47.9 Å². The zero-order valence-electron chi connectivity index (χ0n) is 22.0. The van der Waals surface area contributed by atoms with Crippen molar-refractivity contribution in [2.45, 2.75) is 105 Å². The molecule has 0 bridgehead atoms. The number of nitrogens with zero attached hydrogens (tertiary/aromatic N) is 1. The van der Waals surface area contributed by atoms with E-state index in [1.54, 1.807) is 7.11 Å². The van der Waals surface area contributed by atoms with Crippen molar-refractivity contribution in [2.75, 3.05) is 20.3 Å². The molecule has 0 heterocycles. The molecule has 0 aliphatic heterocycles. The molecule has 186 valence electrons. The van der Waals surface area contributed by atoms with Crippen molar-refractivity contribution in [3.05, 3.63) is 33.7 Å². The van der Waals surface area contributed by atoms with E-state index in [1.165, 1.54) is 62.5 Å². The van der Waals surface area contributed by atoms with Crippen LogP contribution in [0, 0.1) is 27.6 Å². The Labute approximate surface area is 202 Å². The minimum Gasteiger partial charge on any atom is -0.491 e. The Bertz CT molecular complexity index is 780. The van der Waals surface area contributed by atoms with E-state index in [0.717, 1.165) is 29.6 Å². The minimum absolute atomic E-state index is 0.176. The van der Waals surface area contributed by atoms with Crippen LogP contribution in [-0.4, -0.2) is 20.3 Å². The van der Waals surface area contributed by atoms with Crippen LogP contribution in [0.3, 0.4) is 0 Å². The maximum Gasteiger partial charge on any atom is 0.124 e. The molecule has 1 aromatic rings. The van der Waals surface area contributed by atoms with Crippen LogP contribution in [0.5, 0.6) is 5.75 Å². The van der Waals surface area contributed by atoms with Gasteiger partial charge in [-0.15, -0.1) is 0 Å². The van der Waals surface area contributed by atoms with E-state index < -0.39 is 0 Å². The molecule has 0 radical (unpaired) electrons. The van der Waals surface area contributed by atoms with E-state index in [2.05, 4.69) is 51.9 Å². The van der Waals surface area contributed by atoms with Gasteiger partial charge in [0, 0.05) is 12.7 Å². The molecule has 1 fully saturated rings. The highest BCUT2D eigenvalue weighted by Crippen LogP contribution is 2.56. The number of hydrogen-bond acceptors (Lipinski definition) is 4. The maximum atomic E-state index is 11.1. The standard InChI is InChI=1S/C29H47NO3/c1-28(2,3)14-9-7-8-10-26-24-12-11-21-19-27(33-17-16-32-6)22(20-30-31)18-25(21)23(24)13-15-29(26,4)5/h18-19,23-24,26H,7-17,20H2,1-6H3. The molecule has 4 nitrogen and oxygen atoms in total. The number of ether oxygens (including phenoxy) is 2. The highest BCUT2D eigenvalue weighted by molar-refractivity contribution is 5.46. The largest absolute Gasteiger partial charge is 0.491 e. The zero-order valence-corrected chi connectivity index (χ0v) is 22.0. The molecule has 0 amide bonds. The summed E-state index contributed by atoms with van der Waals surface area (Å²) in [5.41, 5.74) is 4.69. The average molecular weight is 458 g/mol. The van der Waals surface area contributed by atoms with E-state index in [-0.39, 0.29) is 6.54 Å². The molecule has 0 spiro atoms. The molecular formula is C29H47NO3. The number of nitroso groups, excluding NO2 is 1. The quantitative estimate of drug-likeness (QED) is 0.249. The van der Waals surface area contributed by atoms with Crippen LogP contribution in [0.2, 0.25) is 0 Å². The Balaban J connectivity index is 1.74. The lowest BCUT2D eigenvalue weighted by molar-refractivity contribution is 0.0378. The number of benzene rings is 1. The van der Waals surface area contributed by atoms with Gasteiger partial charge in [-0.1, -0.05) is 59.1 Å². The van der Waals surface area contributed by atoms with E-state index in [4.69, 9.17) is 9.47 Å². The second-order valence-electron chi connectivity index (χ2n) is 12.4. The second kappa shape index (κ2) is 11.3. The Morgan fingerprint density at radius 3 is 2.58 bits per heavy atom. The molecule has 3 atom stereocenters. The normalized spacial score (nSPS) is 24.1. The Morgan fingerprint density at radius 2 is 1.88 bits per heavy atom. The van der Waals surface area contributed by atoms with Gasteiger partial charge in [-0.25, -0.2) is 0 Å². The second-order valence-corrected chi connectivity index (χ2v) is 12.4. The van der Waals surface area contributed by atoms with Crippen LogP contribution in [0.25, 0.3) is 0 Å². The average Bonchev–Trinajstić information content (AvgIpc) is 2.74. The molecule has 2 aliphatic rings. The van der Waals surface area contributed by atoms with Crippen LogP contribution in [0.4, 0.5) is 0 Å². The molecule has 0 saturated heterocycles. The predicted molar refractivity (Wildman–Crippen MR) is 137 cm³/mol. The van der Waals surface area contributed by atoms with Crippen molar-refractivity contribution >= 4 is 0 Å². The third-order valence-corrected chi connectivity index (χ3v) is 8.33. The molecule has 3 unspecified atom stereocenters. The van der Waals surface area contributed by atoms with Gasteiger partial charge in [0.05, 0.1) is 6.61 Å². The van der Waals surface area contributed by atoms with Crippen molar-refractivity contribution < 1.29 is 9.47 Å². The van der Waals surface area contributed by atoms with E-state index in [1.807, 2.05) is 0 Å². The minimum atomic E-state index is 0.176. The molecule has 0 N–H and O–H groups in total. The lowest BCUT2D eigenvalue weighted by Crippen LogP contribution is -2.41. The van der Waals surface area contributed by atoms with Crippen molar-refractivity contribution in [1.29, 1.82) is 0 Å². The van der Waals surface area contributed by atoms with E-state index in [0.29, 0.717) is 30.0 Å². The van der Waals surface area contributed by atoms with Crippen molar-refractivity contribution in [1.82, 2.24) is 0 Å². The lowest BCUT2D eigenvalue weighted by Gasteiger charge is -2.51. The SMILES string of the molecule is COCCOc1cc2c(cc1CN=O)C1CCC(C)(C)C(CCCCCC(C)(C)C)C1CC2. The molecular weight excluding hydrogens is 410 g/mol. The summed E-state index contributed by atoms with van der Waals surface area (Å²) in [7, 11) is 1.68. The summed E-state index contributed by atoms with van der Waals surface area (Å²) in [6.45, 7) is 13.3. The molecule has 1 saturated carbocycles. The van der Waals surface area contributed by atoms with Gasteiger partial charge >= 0.3 is 0 Å². The summed E-state index contributed by atoms with van der Waals surface area (Å²) in [4.78, 5) is 11.1. The maximum absolute atomic E-state index is 11.1. The fourth-order valence-electron chi connectivity index (χ4n) is 6.51. The fourth-order valence-corrected chi connectivity index (χ4v) is 6.51. The van der Waals surface area contributed by atoms with Gasteiger partial charge in [0.2, 0.25) is 0 Å². The first-order valence-electron chi connectivity index (χ1n) is 13.2.